The van der Waals surface area contributed by atoms with Gasteiger partial charge in [-0.2, -0.15) is 5.10 Å². The van der Waals surface area contributed by atoms with Crippen LogP contribution < -0.4 is 14.9 Å². The van der Waals surface area contributed by atoms with Gasteiger partial charge in [-0.3, -0.25) is 4.79 Å². The van der Waals surface area contributed by atoms with Gasteiger partial charge in [0.2, 0.25) is 5.76 Å². The molecule has 2 aromatic carbocycles. The minimum Gasteiger partial charge on any atom is -0.484 e. The molecule has 0 aliphatic heterocycles. The second-order valence-electron chi connectivity index (χ2n) is 6.27. The zero-order chi connectivity index (χ0) is 20.6. The highest BCUT2D eigenvalue weighted by molar-refractivity contribution is 5.88. The van der Waals surface area contributed by atoms with Crippen molar-refractivity contribution in [2.24, 2.45) is 5.10 Å². The van der Waals surface area contributed by atoms with Crippen molar-refractivity contribution in [1.29, 1.82) is 0 Å². The highest BCUT2D eigenvalue weighted by Gasteiger charge is 2.11. The maximum Gasteiger partial charge on any atom is 0.379 e. The van der Waals surface area contributed by atoms with Gasteiger partial charge in [-0.05, 0) is 66.9 Å². The number of hydrogen-bond donors (Lipinski definition) is 1. The molecule has 0 saturated heterocycles. The highest BCUT2D eigenvalue weighted by Crippen LogP contribution is 2.16. The third-order valence-corrected chi connectivity index (χ3v) is 4.04. The van der Waals surface area contributed by atoms with E-state index in [1.165, 1.54) is 18.5 Å². The van der Waals surface area contributed by atoms with E-state index in [2.05, 4.69) is 10.5 Å². The summed E-state index contributed by atoms with van der Waals surface area (Å²) in [4.78, 5) is 23.8. The van der Waals surface area contributed by atoms with Gasteiger partial charge in [0.15, 0.2) is 6.61 Å². The maximum atomic E-state index is 11.9. The maximum absolute atomic E-state index is 11.9. The van der Waals surface area contributed by atoms with Crippen LogP contribution in [0.5, 0.6) is 11.5 Å². The number of hydrazone groups is 1. The molecule has 0 unspecified atom stereocenters. The number of benzene rings is 2. The van der Waals surface area contributed by atoms with Crippen LogP contribution in [0.15, 0.2) is 70.4 Å². The Kier molecular flexibility index (Phi) is 6.42. The van der Waals surface area contributed by atoms with Crippen molar-refractivity contribution >= 4 is 18.1 Å². The predicted octanol–water partition coefficient (Wildman–Crippen LogP) is 3.64. The van der Waals surface area contributed by atoms with Gasteiger partial charge in [0.25, 0.3) is 5.91 Å². The van der Waals surface area contributed by atoms with Crippen LogP contribution in [-0.4, -0.2) is 24.7 Å². The van der Waals surface area contributed by atoms with E-state index in [1.807, 2.05) is 32.0 Å². The van der Waals surface area contributed by atoms with E-state index < -0.39 is 5.97 Å². The lowest BCUT2D eigenvalue weighted by atomic mass is 10.1. The first-order valence-corrected chi connectivity index (χ1v) is 8.89. The van der Waals surface area contributed by atoms with Crippen LogP contribution in [0.2, 0.25) is 0 Å². The van der Waals surface area contributed by atoms with E-state index in [9.17, 15) is 9.59 Å². The summed E-state index contributed by atoms with van der Waals surface area (Å²) in [6.07, 6.45) is 2.84. The molecular formula is C22H20N2O5. The Bertz CT molecular complexity index is 1030. The topological polar surface area (TPSA) is 90.1 Å². The zero-order valence-corrected chi connectivity index (χ0v) is 16.0. The lowest BCUT2D eigenvalue weighted by molar-refractivity contribution is -0.123. The Morgan fingerprint density at radius 2 is 1.90 bits per heavy atom. The van der Waals surface area contributed by atoms with Gasteiger partial charge in [-0.15, -0.1) is 0 Å². The number of rotatable bonds is 7. The predicted molar refractivity (Wildman–Crippen MR) is 107 cm³/mol. The van der Waals surface area contributed by atoms with Crippen molar-refractivity contribution in [2.75, 3.05) is 6.61 Å². The summed E-state index contributed by atoms with van der Waals surface area (Å²) in [7, 11) is 0. The van der Waals surface area contributed by atoms with Crippen LogP contribution in [0, 0.1) is 13.8 Å². The fraction of sp³-hybridized carbons (Fsp3) is 0.136. The van der Waals surface area contributed by atoms with Crippen molar-refractivity contribution < 1.29 is 23.5 Å². The Balaban J connectivity index is 1.50. The van der Waals surface area contributed by atoms with E-state index in [1.54, 1.807) is 30.3 Å². The molecule has 29 heavy (non-hydrogen) atoms. The summed E-state index contributed by atoms with van der Waals surface area (Å²) in [5, 5.41) is 3.89. The van der Waals surface area contributed by atoms with E-state index in [4.69, 9.17) is 13.9 Å². The number of ether oxygens (including phenoxy) is 2. The molecule has 1 aromatic heterocycles. The summed E-state index contributed by atoms with van der Waals surface area (Å²) in [5.41, 5.74) is 5.28. The van der Waals surface area contributed by atoms with Gasteiger partial charge in [0.05, 0.1) is 12.5 Å². The number of nitrogens with zero attached hydrogens (tertiary/aromatic N) is 1. The summed E-state index contributed by atoms with van der Waals surface area (Å²) >= 11 is 0. The quantitative estimate of drug-likeness (QED) is 0.287. The number of aryl methyl sites for hydroxylation is 2. The van der Waals surface area contributed by atoms with Crippen LogP contribution in [0.25, 0.3) is 0 Å². The number of carbonyl (C=O) groups excluding carboxylic acids is 2. The first kappa shape index (κ1) is 19.9. The average Bonchev–Trinajstić information content (AvgIpc) is 3.24. The second-order valence-corrected chi connectivity index (χ2v) is 6.27. The van der Waals surface area contributed by atoms with E-state index in [0.29, 0.717) is 17.1 Å². The Labute approximate surface area is 167 Å². The number of nitrogens with one attached hydrogen (secondary N) is 1. The average molecular weight is 392 g/mol. The first-order valence-electron chi connectivity index (χ1n) is 8.89. The molecule has 0 aliphatic carbocycles. The Hall–Kier alpha value is -3.87. The molecule has 0 fully saturated rings. The summed E-state index contributed by atoms with van der Waals surface area (Å²) in [6.45, 7) is 3.83. The van der Waals surface area contributed by atoms with Crippen molar-refractivity contribution in [2.45, 2.75) is 13.8 Å². The molecule has 3 aromatic rings. The monoisotopic (exact) mass is 392 g/mol. The molecule has 7 nitrogen and oxygen atoms in total. The van der Waals surface area contributed by atoms with Crippen LogP contribution >= 0.6 is 0 Å². The fourth-order valence-corrected chi connectivity index (χ4v) is 2.37. The summed E-state index contributed by atoms with van der Waals surface area (Å²) in [6, 6.07) is 15.5. The number of carbonyl (C=O) groups is 2. The minimum absolute atomic E-state index is 0.111. The Morgan fingerprint density at radius 1 is 1.03 bits per heavy atom. The second kappa shape index (κ2) is 9.36. The van der Waals surface area contributed by atoms with E-state index in [-0.39, 0.29) is 18.3 Å². The van der Waals surface area contributed by atoms with Crippen LogP contribution in [0.1, 0.15) is 27.2 Å². The number of hydrogen-bond acceptors (Lipinski definition) is 6. The molecule has 3 rings (SSSR count). The smallest absolute Gasteiger partial charge is 0.379 e. The largest absolute Gasteiger partial charge is 0.484 e. The summed E-state index contributed by atoms with van der Waals surface area (Å²) < 4.78 is 15.7. The van der Waals surface area contributed by atoms with Crippen molar-refractivity contribution in [3.63, 3.8) is 0 Å². The van der Waals surface area contributed by atoms with Crippen molar-refractivity contribution in [3.8, 4) is 11.5 Å². The molecule has 1 amide bonds. The molecule has 0 atom stereocenters. The van der Waals surface area contributed by atoms with Crippen molar-refractivity contribution in [3.05, 3.63) is 83.3 Å². The van der Waals surface area contributed by atoms with E-state index in [0.717, 1.165) is 11.1 Å². The van der Waals surface area contributed by atoms with Gasteiger partial charge in [0, 0.05) is 0 Å². The molecule has 7 heteroatoms. The van der Waals surface area contributed by atoms with Gasteiger partial charge in [-0.1, -0.05) is 18.2 Å². The standard InChI is InChI=1S/C22H20N2O5/c1-15-8-9-18(11-16(15)2)28-14-21(25)24-23-13-17-5-3-6-19(12-17)29-22(26)20-7-4-10-27-20/h3-13H,14H2,1-2H3,(H,24,25)/b23-13+. The SMILES string of the molecule is Cc1ccc(OCC(=O)N/N=C/c2cccc(OC(=O)c3ccco3)c2)cc1C. The van der Waals surface area contributed by atoms with Gasteiger partial charge >= 0.3 is 5.97 Å². The van der Waals surface area contributed by atoms with Crippen molar-refractivity contribution in [1.82, 2.24) is 5.43 Å². The van der Waals surface area contributed by atoms with Gasteiger partial charge in [-0.25, -0.2) is 10.2 Å². The normalized spacial score (nSPS) is 10.7. The molecule has 148 valence electrons. The van der Waals surface area contributed by atoms with Gasteiger partial charge in [0.1, 0.15) is 11.5 Å². The Morgan fingerprint density at radius 3 is 2.66 bits per heavy atom. The van der Waals surface area contributed by atoms with Crippen LogP contribution in [0.3, 0.4) is 0 Å². The highest BCUT2D eigenvalue weighted by atomic mass is 16.5. The number of esters is 1. The minimum atomic E-state index is -0.596. The molecule has 1 N–H and O–H groups in total. The van der Waals surface area contributed by atoms with Crippen LogP contribution in [-0.2, 0) is 4.79 Å². The van der Waals surface area contributed by atoms with E-state index >= 15 is 0 Å². The van der Waals surface area contributed by atoms with Crippen LogP contribution in [0.4, 0.5) is 0 Å². The molecule has 0 spiro atoms. The molecule has 0 saturated carbocycles. The molecule has 0 radical (unpaired) electrons. The zero-order valence-electron chi connectivity index (χ0n) is 16.0. The molecule has 1 heterocycles. The molecule has 0 bridgehead atoms. The third-order valence-electron chi connectivity index (χ3n) is 4.04. The lowest BCUT2D eigenvalue weighted by Gasteiger charge is -2.07. The summed E-state index contributed by atoms with van der Waals surface area (Å²) in [5.74, 6) is 0.0823. The number of amides is 1. The number of furan rings is 1. The van der Waals surface area contributed by atoms with Gasteiger partial charge < -0.3 is 13.9 Å². The first-order chi connectivity index (χ1) is 14.0. The fourth-order valence-electron chi connectivity index (χ4n) is 2.37. The molecule has 0 aliphatic rings. The lowest BCUT2D eigenvalue weighted by Crippen LogP contribution is -2.24. The third kappa shape index (κ3) is 5.80. The molecular weight excluding hydrogens is 372 g/mol.